The highest BCUT2D eigenvalue weighted by Gasteiger charge is 2.11. The quantitative estimate of drug-likeness (QED) is 0.721. The molecular weight excluding hydrogens is 168 g/mol. The second kappa shape index (κ2) is 4.09. The molecule has 1 unspecified atom stereocenters. The van der Waals surface area contributed by atoms with Gasteiger partial charge >= 0.3 is 0 Å². The molecule has 0 spiro atoms. The van der Waals surface area contributed by atoms with E-state index < -0.39 is 0 Å². The highest BCUT2D eigenvalue weighted by molar-refractivity contribution is 5.91. The largest absolute Gasteiger partial charge is 0.456 e. The van der Waals surface area contributed by atoms with Crippen molar-refractivity contribution in [3.8, 4) is 0 Å². The van der Waals surface area contributed by atoms with Gasteiger partial charge in [-0.1, -0.05) is 0 Å². The molecule has 1 amide bonds. The monoisotopic (exact) mass is 182 g/mol. The van der Waals surface area contributed by atoms with Crippen molar-refractivity contribution < 1.29 is 9.21 Å². The fraction of sp³-hybridized carbons (Fsp3) is 0.444. The molecule has 0 aliphatic carbocycles. The van der Waals surface area contributed by atoms with Gasteiger partial charge in [0.25, 0.3) is 5.91 Å². The number of nitrogens with one attached hydrogen (secondary N) is 1. The van der Waals surface area contributed by atoms with Gasteiger partial charge in [0.15, 0.2) is 5.76 Å². The maximum Gasteiger partial charge on any atom is 0.287 e. The highest BCUT2D eigenvalue weighted by Crippen LogP contribution is 2.05. The van der Waals surface area contributed by atoms with Crippen molar-refractivity contribution in [2.45, 2.75) is 19.9 Å². The van der Waals surface area contributed by atoms with Crippen molar-refractivity contribution in [2.24, 2.45) is 5.73 Å². The Hall–Kier alpha value is -1.29. The number of amides is 1. The molecule has 1 atom stereocenters. The Morgan fingerprint density at radius 2 is 2.38 bits per heavy atom. The van der Waals surface area contributed by atoms with Crippen LogP contribution in [0.15, 0.2) is 16.5 Å². The van der Waals surface area contributed by atoms with Gasteiger partial charge in [-0.2, -0.15) is 0 Å². The molecular formula is C9H14N2O2. The summed E-state index contributed by atoms with van der Waals surface area (Å²) in [5.41, 5.74) is 5.36. The van der Waals surface area contributed by atoms with Crippen molar-refractivity contribution >= 4 is 5.91 Å². The minimum Gasteiger partial charge on any atom is -0.456 e. The van der Waals surface area contributed by atoms with Crippen LogP contribution >= 0.6 is 0 Å². The maximum atomic E-state index is 11.4. The first-order valence-corrected chi connectivity index (χ1v) is 4.21. The van der Waals surface area contributed by atoms with Crippen LogP contribution < -0.4 is 11.1 Å². The zero-order valence-electron chi connectivity index (χ0n) is 7.83. The van der Waals surface area contributed by atoms with Crippen LogP contribution in [0, 0.1) is 6.92 Å². The summed E-state index contributed by atoms with van der Waals surface area (Å²) in [6.07, 6.45) is 0. The van der Waals surface area contributed by atoms with Crippen molar-refractivity contribution in [1.82, 2.24) is 5.32 Å². The summed E-state index contributed by atoms with van der Waals surface area (Å²) in [5, 5.41) is 2.70. The van der Waals surface area contributed by atoms with Gasteiger partial charge in [0, 0.05) is 12.6 Å². The summed E-state index contributed by atoms with van der Waals surface area (Å²) >= 11 is 0. The molecule has 0 aliphatic rings. The summed E-state index contributed by atoms with van der Waals surface area (Å²) in [7, 11) is 0. The summed E-state index contributed by atoms with van der Waals surface area (Å²) in [5.74, 6) is 0.842. The van der Waals surface area contributed by atoms with Gasteiger partial charge in [-0.05, 0) is 26.0 Å². The van der Waals surface area contributed by atoms with E-state index in [1.54, 1.807) is 19.1 Å². The third-order valence-electron chi connectivity index (χ3n) is 1.70. The van der Waals surface area contributed by atoms with E-state index in [0.29, 0.717) is 12.3 Å². The van der Waals surface area contributed by atoms with Gasteiger partial charge in [0.05, 0.1) is 0 Å². The fourth-order valence-corrected chi connectivity index (χ4v) is 0.910. The van der Waals surface area contributed by atoms with Crippen molar-refractivity contribution in [1.29, 1.82) is 0 Å². The van der Waals surface area contributed by atoms with Gasteiger partial charge in [0.1, 0.15) is 5.76 Å². The fourth-order valence-electron chi connectivity index (χ4n) is 0.910. The maximum absolute atomic E-state index is 11.4. The molecule has 0 aliphatic heterocycles. The molecule has 72 valence electrons. The van der Waals surface area contributed by atoms with E-state index in [1.165, 1.54) is 0 Å². The number of furan rings is 1. The lowest BCUT2D eigenvalue weighted by Crippen LogP contribution is -2.37. The molecule has 4 nitrogen and oxygen atoms in total. The van der Waals surface area contributed by atoms with Crippen molar-refractivity contribution in [2.75, 3.05) is 6.54 Å². The molecule has 0 radical (unpaired) electrons. The zero-order valence-corrected chi connectivity index (χ0v) is 7.83. The van der Waals surface area contributed by atoms with Crippen LogP contribution in [0.1, 0.15) is 23.2 Å². The molecule has 13 heavy (non-hydrogen) atoms. The zero-order chi connectivity index (χ0) is 9.84. The number of nitrogens with two attached hydrogens (primary N) is 1. The molecule has 0 bridgehead atoms. The smallest absolute Gasteiger partial charge is 0.287 e. The first kappa shape index (κ1) is 9.80. The molecule has 0 fully saturated rings. The van der Waals surface area contributed by atoms with Crippen LogP contribution in [-0.2, 0) is 0 Å². The van der Waals surface area contributed by atoms with Gasteiger partial charge < -0.3 is 15.5 Å². The predicted molar refractivity (Wildman–Crippen MR) is 49.4 cm³/mol. The summed E-state index contributed by atoms with van der Waals surface area (Å²) < 4.78 is 5.14. The molecule has 0 saturated heterocycles. The van der Waals surface area contributed by atoms with E-state index in [-0.39, 0.29) is 11.9 Å². The third kappa shape index (κ3) is 2.59. The lowest BCUT2D eigenvalue weighted by atomic mass is 10.3. The Bertz CT molecular complexity index is 294. The second-order valence-electron chi connectivity index (χ2n) is 3.02. The molecule has 1 aromatic rings. The molecule has 3 N–H and O–H groups in total. The minimum atomic E-state index is -0.217. The molecule has 4 heteroatoms. The summed E-state index contributed by atoms with van der Waals surface area (Å²) in [6.45, 7) is 4.06. The van der Waals surface area contributed by atoms with E-state index in [9.17, 15) is 4.79 Å². The van der Waals surface area contributed by atoms with Crippen LogP contribution in [0.3, 0.4) is 0 Å². The van der Waals surface area contributed by atoms with E-state index in [4.69, 9.17) is 10.2 Å². The molecule has 0 aromatic carbocycles. The Labute approximate surface area is 77.1 Å². The third-order valence-corrected chi connectivity index (χ3v) is 1.70. The number of hydrogen-bond acceptors (Lipinski definition) is 3. The lowest BCUT2D eigenvalue weighted by Gasteiger charge is -2.08. The molecule has 1 rings (SSSR count). The van der Waals surface area contributed by atoms with Gasteiger partial charge in [-0.15, -0.1) is 0 Å². The second-order valence-corrected chi connectivity index (χ2v) is 3.02. The van der Waals surface area contributed by atoms with Crippen LogP contribution in [0.2, 0.25) is 0 Å². The summed E-state index contributed by atoms with van der Waals surface area (Å²) in [6, 6.07) is 3.37. The molecule has 1 aromatic heterocycles. The van der Waals surface area contributed by atoms with Crippen LogP contribution in [-0.4, -0.2) is 18.5 Å². The van der Waals surface area contributed by atoms with Crippen LogP contribution in [0.4, 0.5) is 0 Å². The van der Waals surface area contributed by atoms with Gasteiger partial charge in [-0.3, -0.25) is 4.79 Å². The van der Waals surface area contributed by atoms with E-state index >= 15 is 0 Å². The first-order chi connectivity index (χ1) is 6.13. The van der Waals surface area contributed by atoms with Crippen LogP contribution in [0.5, 0.6) is 0 Å². The molecule has 1 heterocycles. The lowest BCUT2D eigenvalue weighted by molar-refractivity contribution is 0.0912. The van der Waals surface area contributed by atoms with Gasteiger partial charge in [0.2, 0.25) is 0 Å². The van der Waals surface area contributed by atoms with Gasteiger partial charge in [-0.25, -0.2) is 0 Å². The Balaban J connectivity index is 2.58. The summed E-state index contributed by atoms with van der Waals surface area (Å²) in [4.78, 5) is 11.4. The number of hydrogen-bond donors (Lipinski definition) is 2. The first-order valence-electron chi connectivity index (χ1n) is 4.21. The Morgan fingerprint density at radius 1 is 1.69 bits per heavy atom. The molecule has 0 saturated carbocycles. The Morgan fingerprint density at radius 3 is 2.85 bits per heavy atom. The number of aryl methyl sites for hydroxylation is 1. The number of carbonyl (C=O) groups excluding carboxylic acids is 1. The predicted octanol–water partition coefficient (Wildman–Crippen LogP) is 0.665. The van der Waals surface area contributed by atoms with E-state index in [0.717, 1.165) is 5.76 Å². The van der Waals surface area contributed by atoms with E-state index in [1.807, 2.05) is 6.92 Å². The van der Waals surface area contributed by atoms with Crippen molar-refractivity contribution in [3.63, 3.8) is 0 Å². The Kier molecular flexibility index (Phi) is 3.08. The number of rotatable bonds is 3. The van der Waals surface area contributed by atoms with Crippen molar-refractivity contribution in [3.05, 3.63) is 23.7 Å². The SMILES string of the molecule is Cc1ccc(C(=O)NC(C)CN)o1. The van der Waals surface area contributed by atoms with E-state index in [2.05, 4.69) is 5.32 Å². The van der Waals surface area contributed by atoms with Crippen LogP contribution in [0.25, 0.3) is 0 Å². The highest BCUT2D eigenvalue weighted by atomic mass is 16.3. The number of carbonyl (C=O) groups is 1. The minimum absolute atomic E-state index is 0.0297. The average molecular weight is 182 g/mol. The topological polar surface area (TPSA) is 68.3 Å². The average Bonchev–Trinajstić information content (AvgIpc) is 2.51. The standard InChI is InChI=1S/C9H14N2O2/c1-6(5-10)11-9(12)8-4-3-7(2)13-8/h3-4,6H,5,10H2,1-2H3,(H,11,12). The normalized spacial score (nSPS) is 12.5.